The van der Waals surface area contributed by atoms with Gasteiger partial charge in [-0.3, -0.25) is 24.7 Å². The Morgan fingerprint density at radius 2 is 2.17 bits per heavy atom. The molecule has 0 aliphatic carbocycles. The molecule has 156 valence electrons. The van der Waals surface area contributed by atoms with Gasteiger partial charge >= 0.3 is 5.97 Å². The van der Waals surface area contributed by atoms with Gasteiger partial charge in [-0.15, -0.1) is 0 Å². The van der Waals surface area contributed by atoms with Gasteiger partial charge in [0, 0.05) is 24.7 Å². The summed E-state index contributed by atoms with van der Waals surface area (Å²) in [5, 5.41) is 11.2. The number of ether oxygens (including phenoxy) is 2. The number of non-ortho nitro benzene ring substituents is 1. The minimum absolute atomic E-state index is 0.00543. The van der Waals surface area contributed by atoms with E-state index in [1.165, 1.54) is 11.9 Å². The van der Waals surface area contributed by atoms with Crippen molar-refractivity contribution in [1.29, 1.82) is 0 Å². The van der Waals surface area contributed by atoms with E-state index in [-0.39, 0.29) is 36.7 Å². The summed E-state index contributed by atoms with van der Waals surface area (Å²) < 4.78 is 25.5. The van der Waals surface area contributed by atoms with Crippen molar-refractivity contribution >= 4 is 23.4 Å². The third-order valence-electron chi connectivity index (χ3n) is 4.88. The quantitative estimate of drug-likeness (QED) is 0.430. The predicted molar refractivity (Wildman–Crippen MR) is 99.7 cm³/mol. The van der Waals surface area contributed by atoms with Crippen LogP contribution in [0.1, 0.15) is 32.8 Å². The van der Waals surface area contributed by atoms with Gasteiger partial charge in [-0.05, 0) is 26.8 Å². The van der Waals surface area contributed by atoms with Crippen LogP contribution in [0.5, 0.6) is 0 Å². The van der Waals surface area contributed by atoms with Gasteiger partial charge in [0.1, 0.15) is 29.2 Å². The zero-order chi connectivity index (χ0) is 21.6. The SMILES string of the molecule is CN1C(=O)[C@@H]2COC[C@]2(c2cc([N+](=O)[O-])ccc2F)N=C1CC(=O)OC(C)(C)C. The molecule has 3 rings (SSSR count). The topological polar surface area (TPSA) is 111 Å². The van der Waals surface area contributed by atoms with Gasteiger partial charge in [0.2, 0.25) is 5.91 Å². The summed E-state index contributed by atoms with van der Waals surface area (Å²) in [6.07, 6.45) is -0.301. The highest BCUT2D eigenvalue weighted by Gasteiger charge is 2.55. The zero-order valence-corrected chi connectivity index (χ0v) is 16.6. The highest BCUT2D eigenvalue weighted by Crippen LogP contribution is 2.45. The van der Waals surface area contributed by atoms with Crippen molar-refractivity contribution in [2.75, 3.05) is 20.3 Å². The number of nitrogens with zero attached hydrogens (tertiary/aromatic N) is 3. The summed E-state index contributed by atoms with van der Waals surface area (Å²) in [6.45, 7) is 5.00. The predicted octanol–water partition coefficient (Wildman–Crippen LogP) is 2.18. The zero-order valence-electron chi connectivity index (χ0n) is 16.6. The fraction of sp³-hybridized carbons (Fsp3) is 0.526. The maximum absolute atomic E-state index is 14.7. The first-order chi connectivity index (χ1) is 13.4. The third kappa shape index (κ3) is 3.84. The van der Waals surface area contributed by atoms with E-state index >= 15 is 0 Å². The van der Waals surface area contributed by atoms with Crippen LogP contribution in [0.25, 0.3) is 0 Å². The minimum atomic E-state index is -1.48. The van der Waals surface area contributed by atoms with Crippen LogP contribution in [-0.4, -0.2) is 53.4 Å². The van der Waals surface area contributed by atoms with Gasteiger partial charge in [0.15, 0.2) is 0 Å². The number of nitro groups is 1. The Kier molecular flexibility index (Phi) is 5.16. The molecule has 0 aromatic heterocycles. The number of aliphatic imine (C=N–C) groups is 1. The number of esters is 1. The number of fused-ring (bicyclic) bond motifs is 1. The molecule has 0 spiro atoms. The lowest BCUT2D eigenvalue weighted by Gasteiger charge is -2.38. The van der Waals surface area contributed by atoms with Crippen LogP contribution >= 0.6 is 0 Å². The first kappa shape index (κ1) is 20.8. The highest BCUT2D eigenvalue weighted by atomic mass is 19.1. The molecular formula is C19H22FN3O6. The number of hydrogen-bond donors (Lipinski definition) is 0. The summed E-state index contributed by atoms with van der Waals surface area (Å²) in [7, 11) is 1.47. The van der Waals surface area contributed by atoms with E-state index in [1.54, 1.807) is 20.8 Å². The monoisotopic (exact) mass is 407 g/mol. The Bertz CT molecular complexity index is 910. The summed E-state index contributed by atoms with van der Waals surface area (Å²) in [6, 6.07) is 3.09. The third-order valence-corrected chi connectivity index (χ3v) is 4.88. The summed E-state index contributed by atoms with van der Waals surface area (Å²) in [5.74, 6) is -2.49. The smallest absolute Gasteiger partial charge is 0.313 e. The van der Waals surface area contributed by atoms with Gasteiger partial charge in [-0.2, -0.15) is 0 Å². The van der Waals surface area contributed by atoms with Crippen LogP contribution in [0.4, 0.5) is 10.1 Å². The maximum Gasteiger partial charge on any atom is 0.313 e. The molecule has 1 aromatic carbocycles. The van der Waals surface area contributed by atoms with E-state index in [2.05, 4.69) is 4.99 Å². The Morgan fingerprint density at radius 3 is 2.79 bits per heavy atom. The molecule has 10 heteroatoms. The highest BCUT2D eigenvalue weighted by molar-refractivity contribution is 6.08. The molecule has 1 aromatic rings. The van der Waals surface area contributed by atoms with Crippen LogP contribution < -0.4 is 0 Å². The van der Waals surface area contributed by atoms with Crippen LogP contribution in [-0.2, 0) is 24.6 Å². The molecular weight excluding hydrogens is 385 g/mol. The van der Waals surface area contributed by atoms with Crippen LogP contribution in [0.2, 0.25) is 0 Å². The van der Waals surface area contributed by atoms with Crippen molar-refractivity contribution in [3.63, 3.8) is 0 Å². The molecule has 2 heterocycles. The Balaban J connectivity index is 2.09. The lowest BCUT2D eigenvalue weighted by atomic mass is 9.78. The van der Waals surface area contributed by atoms with Gasteiger partial charge in [-0.25, -0.2) is 4.39 Å². The van der Waals surface area contributed by atoms with Crippen LogP contribution in [0.15, 0.2) is 23.2 Å². The molecule has 0 N–H and O–H groups in total. The van der Waals surface area contributed by atoms with Crippen molar-refractivity contribution < 1.29 is 28.4 Å². The molecule has 2 aliphatic heterocycles. The minimum Gasteiger partial charge on any atom is -0.460 e. The molecule has 0 unspecified atom stereocenters. The van der Waals surface area contributed by atoms with E-state index in [9.17, 15) is 24.1 Å². The molecule has 0 bridgehead atoms. The van der Waals surface area contributed by atoms with Gasteiger partial charge in [0.05, 0.1) is 24.1 Å². The van der Waals surface area contributed by atoms with Gasteiger partial charge in [0.25, 0.3) is 5.69 Å². The van der Waals surface area contributed by atoms with E-state index in [0.29, 0.717) is 0 Å². The average molecular weight is 407 g/mol. The maximum atomic E-state index is 14.7. The second-order valence-electron chi connectivity index (χ2n) is 8.10. The van der Waals surface area contributed by atoms with Crippen molar-refractivity contribution in [2.45, 2.75) is 38.3 Å². The van der Waals surface area contributed by atoms with Crippen molar-refractivity contribution in [3.05, 3.63) is 39.7 Å². The standard InChI is InChI=1S/C19H22FN3O6/c1-18(2,3)29-16(24)8-15-21-19(10-28-9-13(19)17(25)22(15)4)12-7-11(23(26)27)5-6-14(12)20/h5-7,13H,8-10H2,1-4H3/t13-,19+/m0/s1. The summed E-state index contributed by atoms with van der Waals surface area (Å²) >= 11 is 0. The lowest BCUT2D eigenvalue weighted by Crippen LogP contribution is -2.52. The number of nitro benzene ring substituents is 1. The number of benzene rings is 1. The Hall–Kier alpha value is -2.88. The van der Waals surface area contributed by atoms with Crippen LogP contribution in [0, 0.1) is 21.8 Å². The van der Waals surface area contributed by atoms with E-state index in [1.807, 2.05) is 0 Å². The van der Waals surface area contributed by atoms with Crippen molar-refractivity contribution in [3.8, 4) is 0 Å². The molecule has 0 radical (unpaired) electrons. The number of hydrogen-bond acceptors (Lipinski definition) is 7. The van der Waals surface area contributed by atoms with Crippen molar-refractivity contribution in [2.24, 2.45) is 10.9 Å². The summed E-state index contributed by atoms with van der Waals surface area (Å²) in [5.41, 5.74) is -2.62. The molecule has 1 fully saturated rings. The largest absolute Gasteiger partial charge is 0.460 e. The molecule has 1 saturated heterocycles. The molecule has 29 heavy (non-hydrogen) atoms. The number of halogens is 1. The lowest BCUT2D eigenvalue weighted by molar-refractivity contribution is -0.385. The second-order valence-corrected chi connectivity index (χ2v) is 8.10. The average Bonchev–Trinajstić information content (AvgIpc) is 3.02. The normalized spacial score (nSPS) is 24.2. The number of amides is 1. The molecule has 9 nitrogen and oxygen atoms in total. The number of carbonyl (C=O) groups is 2. The Labute approximate surface area is 166 Å². The molecule has 0 saturated carbocycles. The van der Waals surface area contributed by atoms with Crippen LogP contribution in [0.3, 0.4) is 0 Å². The number of amidine groups is 1. The first-order valence-corrected chi connectivity index (χ1v) is 9.05. The molecule has 2 aliphatic rings. The number of carbonyl (C=O) groups excluding carboxylic acids is 2. The fourth-order valence-corrected chi connectivity index (χ4v) is 3.57. The fourth-order valence-electron chi connectivity index (χ4n) is 3.57. The van der Waals surface area contributed by atoms with Gasteiger partial charge < -0.3 is 14.4 Å². The van der Waals surface area contributed by atoms with Crippen molar-refractivity contribution in [1.82, 2.24) is 4.90 Å². The van der Waals surface area contributed by atoms with E-state index < -0.39 is 39.7 Å². The Morgan fingerprint density at radius 1 is 1.48 bits per heavy atom. The molecule has 2 atom stereocenters. The first-order valence-electron chi connectivity index (χ1n) is 9.05. The second kappa shape index (κ2) is 7.18. The number of rotatable bonds is 4. The van der Waals surface area contributed by atoms with E-state index in [0.717, 1.165) is 18.2 Å². The summed E-state index contributed by atoms with van der Waals surface area (Å²) in [4.78, 5) is 41.5. The molecule has 1 amide bonds. The van der Waals surface area contributed by atoms with Gasteiger partial charge in [-0.1, -0.05) is 0 Å². The van der Waals surface area contributed by atoms with E-state index in [4.69, 9.17) is 9.47 Å².